The summed E-state index contributed by atoms with van der Waals surface area (Å²) in [5.74, 6) is -0.642. The van der Waals surface area contributed by atoms with Crippen molar-refractivity contribution >= 4 is 43.9 Å². The van der Waals surface area contributed by atoms with E-state index < -0.39 is 21.1 Å². The molecule has 30 heavy (non-hydrogen) atoms. The molecule has 2 aromatic heterocycles. The summed E-state index contributed by atoms with van der Waals surface area (Å²) in [5, 5.41) is 0.832. The highest BCUT2D eigenvalue weighted by Gasteiger charge is 2.59. The first-order valence-corrected chi connectivity index (χ1v) is 12.0. The molecule has 1 aliphatic heterocycles. The first kappa shape index (κ1) is 19.5. The molecule has 3 aromatic rings. The number of hydrogen-bond donors (Lipinski definition) is 0. The molecule has 3 heterocycles. The number of halogens is 2. The Hall–Kier alpha value is -2.45. The third-order valence-corrected chi connectivity index (χ3v) is 7.16. The Morgan fingerprint density at radius 3 is 2.73 bits per heavy atom. The monoisotopic (exact) mass is 447 g/mol. The van der Waals surface area contributed by atoms with Crippen molar-refractivity contribution in [2.45, 2.75) is 31.3 Å². The SMILES string of the molecule is CS(=O)(=O)CCn1c(CN2C(=O)C3(CC3)c3ccncc32)cc2cc(Cl)cc(F)c21. The van der Waals surface area contributed by atoms with Crippen LogP contribution < -0.4 is 4.90 Å². The van der Waals surface area contributed by atoms with E-state index in [1.54, 1.807) is 34.0 Å². The van der Waals surface area contributed by atoms with E-state index in [1.165, 1.54) is 6.07 Å². The lowest BCUT2D eigenvalue weighted by molar-refractivity contribution is -0.120. The molecule has 2 aliphatic rings. The summed E-state index contributed by atoms with van der Waals surface area (Å²) in [4.78, 5) is 19.1. The van der Waals surface area contributed by atoms with E-state index in [-0.39, 0.29) is 35.3 Å². The van der Waals surface area contributed by atoms with Gasteiger partial charge in [-0.25, -0.2) is 12.8 Å². The maximum absolute atomic E-state index is 14.8. The number of sulfone groups is 1. The Labute approximate surface area is 178 Å². The van der Waals surface area contributed by atoms with Crippen molar-refractivity contribution in [1.29, 1.82) is 0 Å². The largest absolute Gasteiger partial charge is 0.339 e. The number of benzene rings is 1. The van der Waals surface area contributed by atoms with Crippen LogP contribution in [0.15, 0.2) is 36.7 Å². The molecule has 1 aliphatic carbocycles. The molecule has 0 unspecified atom stereocenters. The third kappa shape index (κ3) is 3.01. The molecule has 5 rings (SSSR count). The number of carbonyl (C=O) groups excluding carboxylic acids is 1. The summed E-state index contributed by atoms with van der Waals surface area (Å²) < 4.78 is 39.9. The molecule has 1 fully saturated rings. The Kier molecular flexibility index (Phi) is 4.24. The summed E-state index contributed by atoms with van der Waals surface area (Å²) >= 11 is 6.02. The number of rotatable bonds is 5. The van der Waals surface area contributed by atoms with Crippen molar-refractivity contribution in [2.24, 2.45) is 0 Å². The lowest BCUT2D eigenvalue weighted by Gasteiger charge is -2.19. The standard InChI is InChI=1S/C21H19ClFN3O3S/c1-30(28,29)7-6-25-15(9-13-8-14(22)10-17(23)19(13)25)12-26-18-11-24-5-2-16(18)21(3-4-21)20(26)27/h2,5,8-11H,3-4,6-7,12H2,1H3. The number of amides is 1. The summed E-state index contributed by atoms with van der Waals surface area (Å²) in [6.45, 7) is 0.290. The Balaban J connectivity index is 1.61. The smallest absolute Gasteiger partial charge is 0.238 e. The van der Waals surface area contributed by atoms with Gasteiger partial charge in [-0.2, -0.15) is 0 Å². The zero-order valence-electron chi connectivity index (χ0n) is 16.2. The number of anilines is 1. The van der Waals surface area contributed by atoms with E-state index in [2.05, 4.69) is 4.98 Å². The van der Waals surface area contributed by atoms with Crippen LogP contribution in [0.4, 0.5) is 10.1 Å². The highest BCUT2D eigenvalue weighted by atomic mass is 35.5. The average Bonchev–Trinajstić information content (AvgIpc) is 3.35. The van der Waals surface area contributed by atoms with Gasteiger partial charge in [-0.05, 0) is 42.7 Å². The van der Waals surface area contributed by atoms with Gasteiger partial charge in [0.1, 0.15) is 15.7 Å². The maximum Gasteiger partial charge on any atom is 0.238 e. The lowest BCUT2D eigenvalue weighted by Crippen LogP contribution is -2.32. The number of carbonyl (C=O) groups is 1. The van der Waals surface area contributed by atoms with Crippen LogP contribution in [0.1, 0.15) is 24.1 Å². The van der Waals surface area contributed by atoms with E-state index in [0.717, 1.165) is 30.3 Å². The number of aryl methyl sites for hydroxylation is 1. The van der Waals surface area contributed by atoms with E-state index in [1.807, 2.05) is 6.07 Å². The summed E-state index contributed by atoms with van der Waals surface area (Å²) in [5.41, 5.74) is 2.22. The number of nitrogens with zero attached hydrogens (tertiary/aromatic N) is 3. The van der Waals surface area contributed by atoms with Gasteiger partial charge in [0.2, 0.25) is 5.91 Å². The molecule has 1 saturated carbocycles. The molecule has 0 atom stereocenters. The second-order valence-corrected chi connectivity index (χ2v) is 10.8. The topological polar surface area (TPSA) is 72.3 Å². The van der Waals surface area contributed by atoms with E-state index in [9.17, 15) is 17.6 Å². The molecule has 9 heteroatoms. The maximum atomic E-state index is 14.8. The summed E-state index contributed by atoms with van der Waals surface area (Å²) in [6.07, 6.45) is 6.13. The van der Waals surface area contributed by atoms with Crippen molar-refractivity contribution in [3.05, 3.63) is 58.8 Å². The lowest BCUT2D eigenvalue weighted by atomic mass is 9.99. The van der Waals surface area contributed by atoms with Crippen LogP contribution in [0.25, 0.3) is 10.9 Å². The van der Waals surface area contributed by atoms with Gasteiger partial charge in [0, 0.05) is 35.1 Å². The fraction of sp³-hybridized carbons (Fsp3) is 0.333. The van der Waals surface area contributed by atoms with E-state index in [0.29, 0.717) is 11.1 Å². The van der Waals surface area contributed by atoms with Gasteiger partial charge < -0.3 is 9.47 Å². The minimum Gasteiger partial charge on any atom is -0.339 e. The van der Waals surface area contributed by atoms with Gasteiger partial charge in [-0.3, -0.25) is 9.78 Å². The van der Waals surface area contributed by atoms with Crippen LogP contribution in [-0.2, 0) is 33.1 Å². The highest BCUT2D eigenvalue weighted by molar-refractivity contribution is 7.90. The van der Waals surface area contributed by atoms with Crippen molar-refractivity contribution in [3.63, 3.8) is 0 Å². The third-order valence-electron chi connectivity index (χ3n) is 6.01. The fourth-order valence-electron chi connectivity index (χ4n) is 4.44. The Morgan fingerprint density at radius 2 is 2.03 bits per heavy atom. The van der Waals surface area contributed by atoms with Crippen molar-refractivity contribution in [3.8, 4) is 0 Å². The minimum absolute atomic E-state index is 0.0175. The zero-order chi connectivity index (χ0) is 21.3. The van der Waals surface area contributed by atoms with Crippen LogP contribution >= 0.6 is 11.6 Å². The Bertz CT molecular complexity index is 1310. The fourth-order valence-corrected chi connectivity index (χ4v) is 5.17. The van der Waals surface area contributed by atoms with Crippen molar-refractivity contribution in [1.82, 2.24) is 9.55 Å². The predicted molar refractivity (Wildman–Crippen MR) is 113 cm³/mol. The average molecular weight is 448 g/mol. The molecule has 1 aromatic carbocycles. The van der Waals surface area contributed by atoms with Gasteiger partial charge >= 0.3 is 0 Å². The molecule has 0 saturated heterocycles. The molecular weight excluding hydrogens is 429 g/mol. The summed E-state index contributed by atoms with van der Waals surface area (Å²) in [7, 11) is -3.26. The zero-order valence-corrected chi connectivity index (χ0v) is 17.8. The first-order valence-electron chi connectivity index (χ1n) is 9.61. The van der Waals surface area contributed by atoms with Crippen LogP contribution in [-0.4, -0.2) is 35.9 Å². The van der Waals surface area contributed by atoms with Gasteiger partial charge in [0.25, 0.3) is 0 Å². The minimum atomic E-state index is -3.26. The van der Waals surface area contributed by atoms with Crippen molar-refractivity contribution in [2.75, 3.05) is 16.9 Å². The van der Waals surface area contributed by atoms with Gasteiger partial charge in [0.05, 0.1) is 35.1 Å². The van der Waals surface area contributed by atoms with E-state index in [4.69, 9.17) is 11.6 Å². The van der Waals surface area contributed by atoms with Crippen LogP contribution in [0.2, 0.25) is 5.02 Å². The molecule has 0 bridgehead atoms. The second-order valence-electron chi connectivity index (χ2n) is 8.11. The Morgan fingerprint density at radius 1 is 1.27 bits per heavy atom. The first-order chi connectivity index (χ1) is 14.2. The molecular formula is C21H19ClFN3O3S. The second kappa shape index (κ2) is 6.52. The highest BCUT2D eigenvalue weighted by Crippen LogP contribution is 2.57. The number of aromatic nitrogens is 2. The predicted octanol–water partition coefficient (Wildman–Crippen LogP) is 3.45. The van der Waals surface area contributed by atoms with Crippen LogP contribution in [0.5, 0.6) is 0 Å². The number of fused-ring (bicyclic) bond motifs is 3. The molecule has 1 amide bonds. The van der Waals surface area contributed by atoms with Gasteiger partial charge in [-0.1, -0.05) is 11.6 Å². The van der Waals surface area contributed by atoms with Crippen LogP contribution in [0.3, 0.4) is 0 Å². The number of hydrogen-bond acceptors (Lipinski definition) is 4. The molecule has 0 N–H and O–H groups in total. The normalized spacial score (nSPS) is 17.2. The summed E-state index contributed by atoms with van der Waals surface area (Å²) in [6, 6.07) is 6.51. The van der Waals surface area contributed by atoms with Crippen LogP contribution in [0, 0.1) is 5.82 Å². The van der Waals surface area contributed by atoms with Crippen molar-refractivity contribution < 1.29 is 17.6 Å². The number of pyridine rings is 1. The molecule has 6 nitrogen and oxygen atoms in total. The molecule has 0 radical (unpaired) electrons. The molecule has 156 valence electrons. The van der Waals surface area contributed by atoms with E-state index >= 15 is 0 Å². The molecule has 1 spiro atoms. The van der Waals surface area contributed by atoms with Gasteiger partial charge in [0.15, 0.2) is 0 Å². The van der Waals surface area contributed by atoms with Gasteiger partial charge in [-0.15, -0.1) is 0 Å². The quantitative estimate of drug-likeness (QED) is 0.600.